The predicted octanol–water partition coefficient (Wildman–Crippen LogP) is 3.69. The van der Waals surface area contributed by atoms with Gasteiger partial charge in [0.15, 0.2) is 0 Å². The second-order valence-corrected chi connectivity index (χ2v) is 5.77. The first kappa shape index (κ1) is 17.0. The summed E-state index contributed by atoms with van der Waals surface area (Å²) in [6, 6.07) is 13.3. The summed E-state index contributed by atoms with van der Waals surface area (Å²) in [4.78, 5) is 11.9. The molecule has 2 aromatic rings. The Kier molecular flexibility index (Phi) is 6.12. The molecule has 0 fully saturated rings. The van der Waals surface area contributed by atoms with Crippen molar-refractivity contribution < 1.29 is 9.18 Å². The van der Waals surface area contributed by atoms with E-state index in [0.29, 0.717) is 30.8 Å². The van der Waals surface area contributed by atoms with Crippen LogP contribution in [0.2, 0.25) is 0 Å². The number of rotatable bonds is 6. The molecule has 0 aromatic heterocycles. The van der Waals surface area contributed by atoms with Crippen LogP contribution in [0.1, 0.15) is 22.3 Å². The standard InChI is InChI=1S/C17H15BrFN3O/c18-14-5-3-13(4-6-14)17(23)22-9-1-8-21-16-7-2-12(11-20)10-15(16)19/h2-7,10,21H,1,8-9H2,(H,22,23). The van der Waals surface area contributed by atoms with Gasteiger partial charge in [-0.1, -0.05) is 15.9 Å². The van der Waals surface area contributed by atoms with E-state index in [-0.39, 0.29) is 11.5 Å². The summed E-state index contributed by atoms with van der Waals surface area (Å²) >= 11 is 3.32. The molecule has 1 amide bonds. The zero-order valence-corrected chi connectivity index (χ0v) is 13.9. The molecular weight excluding hydrogens is 361 g/mol. The number of nitrogens with zero attached hydrogens (tertiary/aromatic N) is 1. The van der Waals surface area contributed by atoms with Gasteiger partial charge in [0.2, 0.25) is 0 Å². The minimum Gasteiger partial charge on any atom is -0.383 e. The molecule has 23 heavy (non-hydrogen) atoms. The fourth-order valence-electron chi connectivity index (χ4n) is 1.94. The number of halogens is 2. The molecule has 0 radical (unpaired) electrons. The van der Waals surface area contributed by atoms with E-state index < -0.39 is 5.82 Å². The number of nitrogens with one attached hydrogen (secondary N) is 2. The maximum Gasteiger partial charge on any atom is 0.251 e. The number of hydrogen-bond acceptors (Lipinski definition) is 3. The molecule has 0 aliphatic carbocycles. The highest BCUT2D eigenvalue weighted by atomic mass is 79.9. The molecule has 0 spiro atoms. The van der Waals surface area contributed by atoms with Crippen LogP contribution in [-0.4, -0.2) is 19.0 Å². The summed E-state index contributed by atoms with van der Waals surface area (Å²) in [5.74, 6) is -0.593. The lowest BCUT2D eigenvalue weighted by molar-refractivity contribution is 0.0953. The third-order valence-electron chi connectivity index (χ3n) is 3.16. The van der Waals surface area contributed by atoms with Gasteiger partial charge in [0, 0.05) is 23.1 Å². The topological polar surface area (TPSA) is 64.9 Å². The highest BCUT2D eigenvalue weighted by Crippen LogP contribution is 2.15. The Hall–Kier alpha value is -2.39. The lowest BCUT2D eigenvalue weighted by atomic mass is 10.2. The smallest absolute Gasteiger partial charge is 0.251 e. The van der Waals surface area contributed by atoms with Crippen LogP contribution in [0.5, 0.6) is 0 Å². The number of anilines is 1. The van der Waals surface area contributed by atoms with Crippen molar-refractivity contribution in [2.45, 2.75) is 6.42 Å². The first-order valence-corrected chi connectivity index (χ1v) is 7.87. The molecule has 0 atom stereocenters. The normalized spacial score (nSPS) is 9.96. The Morgan fingerprint density at radius 1 is 1.17 bits per heavy atom. The first-order valence-electron chi connectivity index (χ1n) is 7.07. The minimum atomic E-state index is -0.456. The molecular formula is C17H15BrFN3O. The Balaban J connectivity index is 1.73. The third-order valence-corrected chi connectivity index (χ3v) is 3.69. The Labute approximate surface area is 142 Å². The van der Waals surface area contributed by atoms with Crippen molar-refractivity contribution in [3.63, 3.8) is 0 Å². The van der Waals surface area contributed by atoms with Gasteiger partial charge in [0.25, 0.3) is 5.91 Å². The van der Waals surface area contributed by atoms with Crippen LogP contribution in [0.3, 0.4) is 0 Å². The van der Waals surface area contributed by atoms with Gasteiger partial charge >= 0.3 is 0 Å². The fourth-order valence-corrected chi connectivity index (χ4v) is 2.21. The van der Waals surface area contributed by atoms with Crippen LogP contribution in [0.15, 0.2) is 46.9 Å². The molecule has 0 aliphatic rings. The fraction of sp³-hybridized carbons (Fsp3) is 0.176. The van der Waals surface area contributed by atoms with Crippen molar-refractivity contribution in [1.29, 1.82) is 5.26 Å². The maximum atomic E-state index is 13.6. The van der Waals surface area contributed by atoms with E-state index in [1.807, 2.05) is 18.2 Å². The lowest BCUT2D eigenvalue weighted by Crippen LogP contribution is -2.25. The van der Waals surface area contributed by atoms with E-state index in [4.69, 9.17) is 5.26 Å². The number of carbonyl (C=O) groups excluding carboxylic acids is 1. The van der Waals surface area contributed by atoms with Gasteiger partial charge in [-0.05, 0) is 48.9 Å². The van der Waals surface area contributed by atoms with Gasteiger partial charge in [0.05, 0.1) is 17.3 Å². The molecule has 118 valence electrons. The summed E-state index contributed by atoms with van der Waals surface area (Å²) in [6.45, 7) is 1.00. The van der Waals surface area contributed by atoms with E-state index in [1.54, 1.807) is 18.2 Å². The minimum absolute atomic E-state index is 0.137. The molecule has 0 aliphatic heterocycles. The molecule has 0 saturated heterocycles. The quantitative estimate of drug-likeness (QED) is 0.756. The van der Waals surface area contributed by atoms with E-state index in [0.717, 1.165) is 4.47 Å². The van der Waals surface area contributed by atoms with E-state index in [9.17, 15) is 9.18 Å². The average molecular weight is 376 g/mol. The number of hydrogen-bond donors (Lipinski definition) is 2. The summed E-state index contributed by atoms with van der Waals surface area (Å²) < 4.78 is 14.6. The molecule has 0 bridgehead atoms. The summed E-state index contributed by atoms with van der Waals surface area (Å²) in [7, 11) is 0. The van der Waals surface area contributed by atoms with E-state index in [1.165, 1.54) is 12.1 Å². The predicted molar refractivity (Wildman–Crippen MR) is 90.7 cm³/mol. The van der Waals surface area contributed by atoms with E-state index in [2.05, 4.69) is 26.6 Å². The second kappa shape index (κ2) is 8.30. The molecule has 6 heteroatoms. The number of amides is 1. The van der Waals surface area contributed by atoms with Crippen molar-refractivity contribution in [2.24, 2.45) is 0 Å². The Morgan fingerprint density at radius 2 is 1.91 bits per heavy atom. The molecule has 0 heterocycles. The van der Waals surface area contributed by atoms with Gasteiger partial charge in [-0.3, -0.25) is 4.79 Å². The zero-order chi connectivity index (χ0) is 16.7. The second-order valence-electron chi connectivity index (χ2n) is 4.85. The van der Waals surface area contributed by atoms with Crippen LogP contribution in [0, 0.1) is 17.1 Å². The molecule has 2 aromatic carbocycles. The number of nitriles is 1. The van der Waals surface area contributed by atoms with Crippen LogP contribution in [0.25, 0.3) is 0 Å². The van der Waals surface area contributed by atoms with Gasteiger partial charge < -0.3 is 10.6 Å². The third kappa shape index (κ3) is 5.08. The van der Waals surface area contributed by atoms with Crippen LogP contribution < -0.4 is 10.6 Å². The number of carbonyl (C=O) groups is 1. The largest absolute Gasteiger partial charge is 0.383 e. The monoisotopic (exact) mass is 375 g/mol. The van der Waals surface area contributed by atoms with Gasteiger partial charge in [-0.2, -0.15) is 5.26 Å². The van der Waals surface area contributed by atoms with Crippen molar-refractivity contribution in [3.05, 3.63) is 63.9 Å². The van der Waals surface area contributed by atoms with Crippen LogP contribution >= 0.6 is 15.9 Å². The lowest BCUT2D eigenvalue weighted by Gasteiger charge is -2.09. The molecule has 2 N–H and O–H groups in total. The van der Waals surface area contributed by atoms with Crippen molar-refractivity contribution >= 4 is 27.5 Å². The van der Waals surface area contributed by atoms with Crippen molar-refractivity contribution in [2.75, 3.05) is 18.4 Å². The molecule has 0 saturated carbocycles. The van der Waals surface area contributed by atoms with Crippen molar-refractivity contribution in [3.8, 4) is 6.07 Å². The first-order chi connectivity index (χ1) is 11.1. The Morgan fingerprint density at radius 3 is 2.57 bits per heavy atom. The van der Waals surface area contributed by atoms with Crippen molar-refractivity contribution in [1.82, 2.24) is 5.32 Å². The van der Waals surface area contributed by atoms with Gasteiger partial charge in [0.1, 0.15) is 5.82 Å². The maximum absolute atomic E-state index is 13.6. The van der Waals surface area contributed by atoms with E-state index >= 15 is 0 Å². The summed E-state index contributed by atoms with van der Waals surface area (Å²) in [5, 5.41) is 14.4. The van der Waals surface area contributed by atoms with Gasteiger partial charge in [-0.15, -0.1) is 0 Å². The molecule has 0 unspecified atom stereocenters. The van der Waals surface area contributed by atoms with Crippen LogP contribution in [0.4, 0.5) is 10.1 Å². The average Bonchev–Trinajstić information content (AvgIpc) is 2.56. The molecule has 2 rings (SSSR count). The highest BCUT2D eigenvalue weighted by molar-refractivity contribution is 9.10. The highest BCUT2D eigenvalue weighted by Gasteiger charge is 2.05. The van der Waals surface area contributed by atoms with Gasteiger partial charge in [-0.25, -0.2) is 4.39 Å². The summed E-state index contributed by atoms with van der Waals surface area (Å²) in [6.07, 6.45) is 0.654. The summed E-state index contributed by atoms with van der Waals surface area (Å²) in [5.41, 5.74) is 1.23. The Bertz CT molecular complexity index is 726. The van der Waals surface area contributed by atoms with Crippen LogP contribution in [-0.2, 0) is 0 Å². The SMILES string of the molecule is N#Cc1ccc(NCCCNC(=O)c2ccc(Br)cc2)c(F)c1. The molecule has 4 nitrogen and oxygen atoms in total. The number of benzene rings is 2. The zero-order valence-electron chi connectivity index (χ0n) is 12.3.